The highest BCUT2D eigenvalue weighted by molar-refractivity contribution is 5.10. The Morgan fingerprint density at radius 2 is 1.81 bits per heavy atom. The van der Waals surface area contributed by atoms with E-state index in [0.29, 0.717) is 22.3 Å². The molecule has 3 atom stereocenters. The second-order valence-electron chi connectivity index (χ2n) is 9.54. The molecule has 4 rings (SSSR count). The molecule has 0 amide bonds. The van der Waals surface area contributed by atoms with Crippen molar-refractivity contribution in [3.8, 4) is 0 Å². The summed E-state index contributed by atoms with van der Waals surface area (Å²) in [6, 6.07) is 0.716. The molecule has 4 aliphatic carbocycles. The Labute approximate surface area is 132 Å². The zero-order chi connectivity index (χ0) is 15.1. The van der Waals surface area contributed by atoms with E-state index in [1.54, 1.807) is 0 Å². The van der Waals surface area contributed by atoms with Crippen LogP contribution in [0.15, 0.2) is 12.7 Å². The Morgan fingerprint density at radius 1 is 1.14 bits per heavy atom. The predicted molar refractivity (Wildman–Crippen MR) is 91.4 cm³/mol. The number of unbranched alkanes of at least 4 members (excludes halogenated alkanes) is 1. The minimum absolute atomic E-state index is 0.658. The molecular weight excluding hydrogens is 254 g/mol. The first kappa shape index (κ1) is 15.6. The fourth-order valence-electron chi connectivity index (χ4n) is 7.29. The van der Waals surface area contributed by atoms with Crippen molar-refractivity contribution < 1.29 is 0 Å². The third kappa shape index (κ3) is 3.09. The maximum absolute atomic E-state index is 3.86. The molecule has 0 saturated heterocycles. The van der Waals surface area contributed by atoms with Crippen LogP contribution >= 0.6 is 0 Å². The van der Waals surface area contributed by atoms with Gasteiger partial charge >= 0.3 is 0 Å². The second kappa shape index (κ2) is 5.41. The summed E-state index contributed by atoms with van der Waals surface area (Å²) in [4.78, 5) is 0. The van der Waals surface area contributed by atoms with Crippen molar-refractivity contribution in [3.63, 3.8) is 0 Å². The standard InChI is InChI=1S/C20H35N/c1-5-6-7-8-17(21-4)12-20-11-16-9-18(2,14-20)13-19(3,10-16)15-20/h5,16-17,21H,1,6-15H2,2-4H3. The lowest BCUT2D eigenvalue weighted by Gasteiger charge is -2.66. The van der Waals surface area contributed by atoms with Crippen molar-refractivity contribution in [2.24, 2.45) is 22.2 Å². The molecule has 1 nitrogen and oxygen atoms in total. The quantitative estimate of drug-likeness (QED) is 0.494. The molecule has 0 radical (unpaired) electrons. The van der Waals surface area contributed by atoms with Gasteiger partial charge in [0.1, 0.15) is 0 Å². The highest BCUT2D eigenvalue weighted by Crippen LogP contribution is 2.70. The van der Waals surface area contributed by atoms with Crippen molar-refractivity contribution in [1.82, 2.24) is 5.32 Å². The van der Waals surface area contributed by atoms with Gasteiger partial charge in [0.25, 0.3) is 0 Å². The van der Waals surface area contributed by atoms with Gasteiger partial charge in [-0.3, -0.25) is 0 Å². The van der Waals surface area contributed by atoms with Crippen LogP contribution < -0.4 is 5.32 Å². The lowest BCUT2D eigenvalue weighted by molar-refractivity contribution is -0.150. The van der Waals surface area contributed by atoms with Crippen molar-refractivity contribution >= 4 is 0 Å². The molecule has 4 aliphatic rings. The van der Waals surface area contributed by atoms with Crippen LogP contribution in [0, 0.1) is 22.2 Å². The number of rotatable bonds is 7. The lowest BCUT2D eigenvalue weighted by Crippen LogP contribution is -2.56. The normalized spacial score (nSPS) is 45.8. The first-order valence-corrected chi connectivity index (χ1v) is 9.18. The third-order valence-electron chi connectivity index (χ3n) is 6.79. The van der Waals surface area contributed by atoms with E-state index in [1.165, 1.54) is 64.2 Å². The fourth-order valence-corrected chi connectivity index (χ4v) is 7.29. The largest absolute Gasteiger partial charge is 0.317 e. The molecule has 1 N–H and O–H groups in total. The average Bonchev–Trinajstić information content (AvgIpc) is 2.33. The van der Waals surface area contributed by atoms with Crippen LogP contribution in [0.4, 0.5) is 0 Å². The van der Waals surface area contributed by atoms with E-state index in [-0.39, 0.29) is 0 Å². The number of hydrogen-bond acceptors (Lipinski definition) is 1. The molecule has 3 unspecified atom stereocenters. The lowest BCUT2D eigenvalue weighted by atomic mass is 9.39. The zero-order valence-corrected chi connectivity index (χ0v) is 14.5. The van der Waals surface area contributed by atoms with Crippen LogP contribution in [0.1, 0.15) is 78.1 Å². The Kier molecular flexibility index (Phi) is 4.01. The summed E-state index contributed by atoms with van der Waals surface area (Å²) >= 11 is 0. The fraction of sp³-hybridized carbons (Fsp3) is 0.900. The van der Waals surface area contributed by atoms with Gasteiger partial charge in [-0.15, -0.1) is 6.58 Å². The summed E-state index contributed by atoms with van der Waals surface area (Å²) in [5.74, 6) is 1.03. The van der Waals surface area contributed by atoms with Gasteiger partial charge in [-0.2, -0.15) is 0 Å². The van der Waals surface area contributed by atoms with Gasteiger partial charge in [0.2, 0.25) is 0 Å². The van der Waals surface area contributed by atoms with Gasteiger partial charge in [-0.25, -0.2) is 0 Å². The summed E-state index contributed by atoms with van der Waals surface area (Å²) in [5.41, 5.74) is 1.98. The minimum atomic E-state index is 0.658. The van der Waals surface area contributed by atoms with E-state index >= 15 is 0 Å². The van der Waals surface area contributed by atoms with Gasteiger partial charge in [0, 0.05) is 6.04 Å². The maximum atomic E-state index is 3.86. The number of allylic oxidation sites excluding steroid dienone is 1. The van der Waals surface area contributed by atoms with Gasteiger partial charge in [0.05, 0.1) is 0 Å². The van der Waals surface area contributed by atoms with Crippen molar-refractivity contribution in [1.29, 1.82) is 0 Å². The third-order valence-corrected chi connectivity index (χ3v) is 6.79. The molecule has 0 spiro atoms. The topological polar surface area (TPSA) is 12.0 Å². The van der Waals surface area contributed by atoms with Crippen molar-refractivity contribution in [3.05, 3.63) is 12.7 Å². The Bertz CT molecular complexity index is 381. The first-order chi connectivity index (χ1) is 9.90. The highest BCUT2D eigenvalue weighted by Gasteiger charge is 2.59. The van der Waals surface area contributed by atoms with Gasteiger partial charge in [0.15, 0.2) is 0 Å². The van der Waals surface area contributed by atoms with E-state index in [2.05, 4.69) is 38.9 Å². The van der Waals surface area contributed by atoms with E-state index in [4.69, 9.17) is 0 Å². The molecular formula is C20H35N. The maximum Gasteiger partial charge on any atom is 0.00694 e. The van der Waals surface area contributed by atoms with Crippen LogP contribution in [-0.4, -0.2) is 13.1 Å². The van der Waals surface area contributed by atoms with Crippen LogP contribution in [-0.2, 0) is 0 Å². The van der Waals surface area contributed by atoms with E-state index in [1.807, 2.05) is 0 Å². The van der Waals surface area contributed by atoms with Gasteiger partial charge in [-0.1, -0.05) is 19.9 Å². The van der Waals surface area contributed by atoms with Gasteiger partial charge < -0.3 is 5.32 Å². The van der Waals surface area contributed by atoms with Crippen molar-refractivity contribution in [2.75, 3.05) is 7.05 Å². The van der Waals surface area contributed by atoms with E-state index in [9.17, 15) is 0 Å². The van der Waals surface area contributed by atoms with Gasteiger partial charge in [-0.05, 0) is 93.4 Å². The van der Waals surface area contributed by atoms with Crippen LogP contribution in [0.2, 0.25) is 0 Å². The summed E-state index contributed by atoms with van der Waals surface area (Å²) in [7, 11) is 2.17. The monoisotopic (exact) mass is 289 g/mol. The summed E-state index contributed by atoms with van der Waals surface area (Å²) in [5, 5.41) is 3.63. The SMILES string of the molecule is C=CCCCC(CC12CC3CC(C)(CC(C)(C3)C1)C2)NC. The molecule has 4 fully saturated rings. The van der Waals surface area contributed by atoms with Crippen LogP contribution in [0.25, 0.3) is 0 Å². The molecule has 4 bridgehead atoms. The number of nitrogens with one attached hydrogen (secondary N) is 1. The predicted octanol–water partition coefficient (Wildman–Crippen LogP) is 5.32. The highest BCUT2D eigenvalue weighted by atomic mass is 14.9. The molecule has 21 heavy (non-hydrogen) atoms. The molecule has 0 heterocycles. The first-order valence-electron chi connectivity index (χ1n) is 9.18. The molecule has 4 saturated carbocycles. The zero-order valence-electron chi connectivity index (χ0n) is 14.5. The Balaban J connectivity index is 1.70. The average molecular weight is 290 g/mol. The smallest absolute Gasteiger partial charge is 0.00694 e. The minimum Gasteiger partial charge on any atom is -0.317 e. The second-order valence-corrected chi connectivity index (χ2v) is 9.54. The summed E-state index contributed by atoms with van der Waals surface area (Å²) < 4.78 is 0. The van der Waals surface area contributed by atoms with E-state index < -0.39 is 0 Å². The Morgan fingerprint density at radius 3 is 2.33 bits per heavy atom. The van der Waals surface area contributed by atoms with Crippen LogP contribution in [0.3, 0.4) is 0 Å². The number of hydrogen-bond donors (Lipinski definition) is 1. The molecule has 0 aromatic heterocycles. The molecule has 120 valence electrons. The molecule has 0 aliphatic heterocycles. The molecule has 1 heteroatoms. The summed E-state index contributed by atoms with van der Waals surface area (Å²) in [6.45, 7) is 9.05. The summed E-state index contributed by atoms with van der Waals surface area (Å²) in [6.07, 6.45) is 16.3. The molecule has 0 aromatic rings. The Hall–Kier alpha value is -0.300. The van der Waals surface area contributed by atoms with Crippen molar-refractivity contribution in [2.45, 2.75) is 84.1 Å². The van der Waals surface area contributed by atoms with Crippen LogP contribution in [0.5, 0.6) is 0 Å². The van der Waals surface area contributed by atoms with E-state index in [0.717, 1.165) is 5.92 Å². The molecule has 0 aromatic carbocycles.